The van der Waals surface area contributed by atoms with Gasteiger partial charge in [-0.15, -0.1) is 0 Å². The van der Waals surface area contributed by atoms with Crippen LogP contribution in [0.25, 0.3) is 0 Å². The summed E-state index contributed by atoms with van der Waals surface area (Å²) < 4.78 is 40.2. The van der Waals surface area contributed by atoms with E-state index in [-0.39, 0.29) is 17.8 Å². The number of carbonyl (C=O) groups excluding carboxylic acids is 1. The van der Waals surface area contributed by atoms with Gasteiger partial charge in [-0.05, 0) is 24.1 Å². The molecule has 0 unspecified atom stereocenters. The fourth-order valence-electron chi connectivity index (χ4n) is 2.05. The fraction of sp³-hybridized carbons (Fsp3) is 0.333. The standard InChI is InChI=1S/C15H16F3N3O/c1-2-8-21-9-7-13(20-21)14(22)19-10-11-5-3-4-6-12(11)15(16,17)18/h3-7,9H,2,8,10H2,1H3,(H,19,22). The molecule has 2 aromatic rings. The van der Waals surface area contributed by atoms with Crippen LogP contribution in [0.5, 0.6) is 0 Å². The van der Waals surface area contributed by atoms with Crippen LogP contribution >= 0.6 is 0 Å². The molecule has 0 aliphatic carbocycles. The van der Waals surface area contributed by atoms with E-state index in [0.717, 1.165) is 12.5 Å². The van der Waals surface area contributed by atoms with E-state index in [2.05, 4.69) is 10.4 Å². The Bertz CT molecular complexity index is 649. The molecule has 0 fully saturated rings. The molecule has 0 aliphatic heterocycles. The Morgan fingerprint density at radius 1 is 1.27 bits per heavy atom. The Hall–Kier alpha value is -2.31. The zero-order chi connectivity index (χ0) is 16.2. The second-order valence-corrected chi connectivity index (χ2v) is 4.80. The number of nitrogens with one attached hydrogen (secondary N) is 1. The van der Waals surface area contributed by atoms with Gasteiger partial charge in [0.2, 0.25) is 0 Å². The number of alkyl halides is 3. The Morgan fingerprint density at radius 3 is 2.68 bits per heavy atom. The molecule has 0 bridgehead atoms. The highest BCUT2D eigenvalue weighted by Crippen LogP contribution is 2.31. The van der Waals surface area contributed by atoms with Crippen molar-refractivity contribution in [3.05, 3.63) is 53.3 Å². The number of carbonyl (C=O) groups is 1. The summed E-state index contributed by atoms with van der Waals surface area (Å²) >= 11 is 0. The third kappa shape index (κ3) is 3.87. The van der Waals surface area contributed by atoms with E-state index in [9.17, 15) is 18.0 Å². The molecule has 1 heterocycles. The smallest absolute Gasteiger partial charge is 0.347 e. The predicted molar refractivity (Wildman–Crippen MR) is 75.1 cm³/mol. The molecule has 0 spiro atoms. The summed E-state index contributed by atoms with van der Waals surface area (Å²) in [6.07, 6.45) is -1.90. The van der Waals surface area contributed by atoms with E-state index in [1.807, 2.05) is 6.92 Å². The first-order valence-corrected chi connectivity index (χ1v) is 6.88. The Kier molecular flexibility index (Phi) is 4.85. The van der Waals surface area contributed by atoms with Crippen LogP contribution in [0.15, 0.2) is 36.5 Å². The maximum absolute atomic E-state index is 12.9. The number of benzene rings is 1. The first-order valence-electron chi connectivity index (χ1n) is 6.88. The van der Waals surface area contributed by atoms with E-state index in [1.54, 1.807) is 16.9 Å². The van der Waals surface area contributed by atoms with Crippen molar-refractivity contribution in [2.24, 2.45) is 0 Å². The first-order chi connectivity index (χ1) is 10.4. The minimum absolute atomic E-state index is 0.0244. The molecule has 0 saturated carbocycles. The maximum atomic E-state index is 12.9. The molecule has 22 heavy (non-hydrogen) atoms. The second-order valence-electron chi connectivity index (χ2n) is 4.80. The van der Waals surface area contributed by atoms with Crippen LogP contribution < -0.4 is 5.32 Å². The third-order valence-electron chi connectivity index (χ3n) is 3.09. The van der Waals surface area contributed by atoms with E-state index in [0.29, 0.717) is 6.54 Å². The Labute approximate surface area is 125 Å². The summed E-state index contributed by atoms with van der Waals surface area (Å²) in [6, 6.07) is 6.71. The molecule has 0 radical (unpaired) electrons. The van der Waals surface area contributed by atoms with Crippen LogP contribution in [-0.4, -0.2) is 15.7 Å². The zero-order valence-electron chi connectivity index (χ0n) is 12.0. The number of nitrogens with zero attached hydrogens (tertiary/aromatic N) is 2. The number of hydrogen-bond donors (Lipinski definition) is 1. The van der Waals surface area contributed by atoms with Gasteiger partial charge < -0.3 is 5.32 Å². The highest BCUT2D eigenvalue weighted by Gasteiger charge is 2.32. The lowest BCUT2D eigenvalue weighted by atomic mass is 10.1. The van der Waals surface area contributed by atoms with E-state index in [4.69, 9.17) is 0 Å². The van der Waals surface area contributed by atoms with Gasteiger partial charge in [-0.1, -0.05) is 25.1 Å². The molecule has 1 N–H and O–H groups in total. The minimum atomic E-state index is -4.44. The molecule has 7 heteroatoms. The summed E-state index contributed by atoms with van der Waals surface area (Å²) in [5.74, 6) is -0.494. The molecule has 118 valence electrons. The number of aromatic nitrogens is 2. The summed E-state index contributed by atoms with van der Waals surface area (Å²) in [7, 11) is 0. The van der Waals surface area contributed by atoms with Gasteiger partial charge in [0, 0.05) is 19.3 Å². The van der Waals surface area contributed by atoms with Crippen LogP contribution in [0.3, 0.4) is 0 Å². The van der Waals surface area contributed by atoms with Gasteiger partial charge in [0.05, 0.1) is 5.56 Å². The van der Waals surface area contributed by atoms with Crippen molar-refractivity contribution < 1.29 is 18.0 Å². The van der Waals surface area contributed by atoms with Crippen LogP contribution in [0.1, 0.15) is 35.0 Å². The van der Waals surface area contributed by atoms with Crippen LogP contribution in [0, 0.1) is 0 Å². The molecule has 1 amide bonds. The molecular weight excluding hydrogens is 295 g/mol. The molecule has 0 saturated heterocycles. The molecule has 4 nitrogen and oxygen atoms in total. The summed E-state index contributed by atoms with van der Waals surface area (Å²) in [6.45, 7) is 2.47. The lowest BCUT2D eigenvalue weighted by Crippen LogP contribution is -2.25. The normalized spacial score (nSPS) is 11.5. The molecular formula is C15H16F3N3O. The van der Waals surface area contributed by atoms with Crippen molar-refractivity contribution in [3.63, 3.8) is 0 Å². The molecule has 0 aliphatic rings. The molecule has 0 atom stereocenters. The quantitative estimate of drug-likeness (QED) is 0.921. The lowest BCUT2D eigenvalue weighted by molar-refractivity contribution is -0.138. The van der Waals surface area contributed by atoms with E-state index in [1.165, 1.54) is 18.2 Å². The number of aryl methyl sites for hydroxylation is 1. The topological polar surface area (TPSA) is 46.9 Å². The van der Waals surface area contributed by atoms with Crippen LogP contribution in [0.4, 0.5) is 13.2 Å². The third-order valence-corrected chi connectivity index (χ3v) is 3.09. The van der Waals surface area contributed by atoms with Gasteiger partial charge in [-0.25, -0.2) is 0 Å². The first kappa shape index (κ1) is 16.1. The summed E-state index contributed by atoms with van der Waals surface area (Å²) in [5, 5.41) is 6.53. The Balaban J connectivity index is 2.05. The maximum Gasteiger partial charge on any atom is 0.416 e. The van der Waals surface area contributed by atoms with E-state index < -0.39 is 17.6 Å². The lowest BCUT2D eigenvalue weighted by Gasteiger charge is -2.12. The molecule has 2 rings (SSSR count). The van der Waals surface area contributed by atoms with Crippen molar-refractivity contribution in [2.45, 2.75) is 32.6 Å². The van der Waals surface area contributed by atoms with Gasteiger partial charge >= 0.3 is 6.18 Å². The zero-order valence-corrected chi connectivity index (χ0v) is 12.0. The van der Waals surface area contributed by atoms with Gasteiger partial charge in [0.1, 0.15) is 5.69 Å². The van der Waals surface area contributed by atoms with Crippen molar-refractivity contribution in [1.29, 1.82) is 0 Å². The van der Waals surface area contributed by atoms with Gasteiger partial charge in [-0.3, -0.25) is 9.48 Å². The van der Waals surface area contributed by atoms with Crippen molar-refractivity contribution in [2.75, 3.05) is 0 Å². The highest BCUT2D eigenvalue weighted by atomic mass is 19.4. The largest absolute Gasteiger partial charge is 0.416 e. The number of amides is 1. The van der Waals surface area contributed by atoms with E-state index >= 15 is 0 Å². The van der Waals surface area contributed by atoms with Crippen LogP contribution in [0.2, 0.25) is 0 Å². The van der Waals surface area contributed by atoms with Crippen LogP contribution in [-0.2, 0) is 19.3 Å². The van der Waals surface area contributed by atoms with Gasteiger partial charge in [-0.2, -0.15) is 18.3 Å². The summed E-state index contributed by atoms with van der Waals surface area (Å²) in [4.78, 5) is 11.9. The van der Waals surface area contributed by atoms with Crippen molar-refractivity contribution >= 4 is 5.91 Å². The SMILES string of the molecule is CCCn1ccc(C(=O)NCc2ccccc2C(F)(F)F)n1. The van der Waals surface area contributed by atoms with Gasteiger partial charge in [0.15, 0.2) is 0 Å². The Morgan fingerprint density at radius 2 is 2.00 bits per heavy atom. The van der Waals surface area contributed by atoms with Crippen molar-refractivity contribution in [1.82, 2.24) is 15.1 Å². The number of rotatable bonds is 5. The molecule has 1 aromatic carbocycles. The van der Waals surface area contributed by atoms with Gasteiger partial charge in [0.25, 0.3) is 5.91 Å². The number of hydrogen-bond acceptors (Lipinski definition) is 2. The predicted octanol–water partition coefficient (Wildman–Crippen LogP) is 3.24. The second kappa shape index (κ2) is 6.64. The minimum Gasteiger partial charge on any atom is -0.347 e. The average Bonchev–Trinajstić information content (AvgIpc) is 2.93. The summed E-state index contributed by atoms with van der Waals surface area (Å²) in [5.41, 5.74) is -0.527. The highest BCUT2D eigenvalue weighted by molar-refractivity contribution is 5.92. The molecule has 1 aromatic heterocycles. The van der Waals surface area contributed by atoms with Crippen molar-refractivity contribution in [3.8, 4) is 0 Å². The average molecular weight is 311 g/mol. The fourth-order valence-corrected chi connectivity index (χ4v) is 2.05. The monoisotopic (exact) mass is 311 g/mol. The number of halogens is 3.